The molecule has 1 saturated heterocycles. The standard InChI is InChI=1S/C15H19N3O2/c1-10-5-6-13-12(8-10)16-15(17(13)2)18-7-3-4-11(9-18)14(19)20/h5-6,8,11H,3-4,7,9H2,1-2H3,(H,19,20). The minimum Gasteiger partial charge on any atom is -0.481 e. The van der Waals surface area contributed by atoms with Crippen LogP contribution in [0.5, 0.6) is 0 Å². The topological polar surface area (TPSA) is 58.4 Å². The van der Waals surface area contributed by atoms with Gasteiger partial charge in [0.15, 0.2) is 0 Å². The van der Waals surface area contributed by atoms with Gasteiger partial charge in [0, 0.05) is 20.1 Å². The predicted molar refractivity (Wildman–Crippen MR) is 78.0 cm³/mol. The lowest BCUT2D eigenvalue weighted by Crippen LogP contribution is -2.39. The summed E-state index contributed by atoms with van der Waals surface area (Å²) in [7, 11) is 1.99. The van der Waals surface area contributed by atoms with Gasteiger partial charge in [0.25, 0.3) is 0 Å². The molecule has 1 aliphatic rings. The van der Waals surface area contributed by atoms with E-state index in [0.717, 1.165) is 36.4 Å². The first-order valence-corrected chi connectivity index (χ1v) is 6.97. The fourth-order valence-electron chi connectivity index (χ4n) is 2.94. The summed E-state index contributed by atoms with van der Waals surface area (Å²) in [5.74, 6) is -0.119. The number of benzene rings is 1. The van der Waals surface area contributed by atoms with Gasteiger partial charge >= 0.3 is 5.97 Å². The van der Waals surface area contributed by atoms with E-state index in [1.165, 1.54) is 5.56 Å². The first-order valence-electron chi connectivity index (χ1n) is 6.97. The van der Waals surface area contributed by atoms with Crippen LogP contribution in [0.4, 0.5) is 5.95 Å². The quantitative estimate of drug-likeness (QED) is 0.911. The summed E-state index contributed by atoms with van der Waals surface area (Å²) in [6, 6.07) is 6.21. The number of imidazole rings is 1. The molecule has 1 aromatic carbocycles. The van der Waals surface area contributed by atoms with Crippen molar-refractivity contribution in [2.24, 2.45) is 13.0 Å². The molecule has 106 valence electrons. The lowest BCUT2D eigenvalue weighted by atomic mass is 9.99. The molecule has 0 amide bonds. The van der Waals surface area contributed by atoms with Crippen molar-refractivity contribution in [1.29, 1.82) is 0 Å². The number of rotatable bonds is 2. The molecule has 0 bridgehead atoms. The zero-order valence-electron chi connectivity index (χ0n) is 11.8. The number of anilines is 1. The lowest BCUT2D eigenvalue weighted by Gasteiger charge is -2.31. The Hall–Kier alpha value is -2.04. The van der Waals surface area contributed by atoms with Gasteiger partial charge in [-0.05, 0) is 37.5 Å². The van der Waals surface area contributed by atoms with Crippen LogP contribution in [0, 0.1) is 12.8 Å². The zero-order chi connectivity index (χ0) is 14.3. The number of aliphatic carboxylic acids is 1. The number of fused-ring (bicyclic) bond motifs is 1. The van der Waals surface area contributed by atoms with Gasteiger partial charge in [0.05, 0.1) is 17.0 Å². The Morgan fingerprint density at radius 1 is 1.45 bits per heavy atom. The third-order valence-electron chi connectivity index (χ3n) is 4.07. The van der Waals surface area contributed by atoms with Crippen molar-refractivity contribution in [3.63, 3.8) is 0 Å². The van der Waals surface area contributed by atoms with E-state index >= 15 is 0 Å². The van der Waals surface area contributed by atoms with E-state index in [1.54, 1.807) is 0 Å². The van der Waals surface area contributed by atoms with Crippen LogP contribution in [0.3, 0.4) is 0 Å². The first kappa shape index (κ1) is 13.0. The number of carboxylic acid groups (broad SMARTS) is 1. The Morgan fingerprint density at radius 2 is 2.25 bits per heavy atom. The smallest absolute Gasteiger partial charge is 0.308 e. The number of hydrogen-bond donors (Lipinski definition) is 1. The van der Waals surface area contributed by atoms with Gasteiger partial charge in [-0.2, -0.15) is 0 Å². The molecule has 0 spiro atoms. The van der Waals surface area contributed by atoms with Crippen molar-refractivity contribution in [3.8, 4) is 0 Å². The summed E-state index contributed by atoms with van der Waals surface area (Å²) < 4.78 is 2.05. The molecule has 20 heavy (non-hydrogen) atoms. The summed E-state index contributed by atoms with van der Waals surface area (Å²) in [5, 5.41) is 9.19. The Morgan fingerprint density at radius 3 is 3.00 bits per heavy atom. The largest absolute Gasteiger partial charge is 0.481 e. The molecule has 0 aliphatic carbocycles. The van der Waals surface area contributed by atoms with Crippen LogP contribution < -0.4 is 4.90 Å². The maximum Gasteiger partial charge on any atom is 0.308 e. The average Bonchev–Trinajstić information content (AvgIpc) is 2.75. The summed E-state index contributed by atoms with van der Waals surface area (Å²) >= 11 is 0. The maximum absolute atomic E-state index is 11.2. The van der Waals surface area contributed by atoms with Crippen LogP contribution >= 0.6 is 0 Å². The number of carboxylic acids is 1. The van der Waals surface area contributed by atoms with Gasteiger partial charge in [-0.1, -0.05) is 6.07 Å². The number of aryl methyl sites for hydroxylation is 2. The molecular formula is C15H19N3O2. The first-order chi connectivity index (χ1) is 9.56. The molecule has 1 aliphatic heterocycles. The molecular weight excluding hydrogens is 254 g/mol. The van der Waals surface area contributed by atoms with Crippen LogP contribution in [0.25, 0.3) is 11.0 Å². The van der Waals surface area contributed by atoms with E-state index in [9.17, 15) is 9.90 Å². The van der Waals surface area contributed by atoms with Crippen molar-refractivity contribution in [3.05, 3.63) is 23.8 Å². The molecule has 1 fully saturated rings. The van der Waals surface area contributed by atoms with Gasteiger partial charge in [-0.15, -0.1) is 0 Å². The zero-order valence-corrected chi connectivity index (χ0v) is 11.8. The fraction of sp³-hybridized carbons (Fsp3) is 0.467. The second-order valence-corrected chi connectivity index (χ2v) is 5.59. The fourth-order valence-corrected chi connectivity index (χ4v) is 2.94. The predicted octanol–water partition coefficient (Wildman–Crippen LogP) is 2.18. The van der Waals surface area contributed by atoms with Crippen molar-refractivity contribution in [2.45, 2.75) is 19.8 Å². The van der Waals surface area contributed by atoms with E-state index in [2.05, 4.69) is 39.6 Å². The number of nitrogens with zero attached hydrogens (tertiary/aromatic N) is 3. The van der Waals surface area contributed by atoms with E-state index in [0.29, 0.717) is 6.54 Å². The SMILES string of the molecule is Cc1ccc2c(c1)nc(N1CCCC(C(=O)O)C1)n2C. The van der Waals surface area contributed by atoms with Gasteiger partial charge < -0.3 is 14.6 Å². The van der Waals surface area contributed by atoms with Crippen LogP contribution in [0.1, 0.15) is 18.4 Å². The Bertz CT molecular complexity index is 662. The van der Waals surface area contributed by atoms with E-state index in [4.69, 9.17) is 0 Å². The molecule has 1 N–H and O–H groups in total. The Labute approximate surface area is 117 Å². The third kappa shape index (κ3) is 2.13. The Balaban J connectivity index is 1.97. The summed E-state index contributed by atoms with van der Waals surface area (Å²) in [5.41, 5.74) is 3.24. The minimum absolute atomic E-state index is 0.287. The summed E-state index contributed by atoms with van der Waals surface area (Å²) in [6.45, 7) is 3.47. The molecule has 2 aromatic rings. The van der Waals surface area contributed by atoms with Crippen molar-refractivity contribution in [2.75, 3.05) is 18.0 Å². The molecule has 0 saturated carbocycles. The number of piperidine rings is 1. The van der Waals surface area contributed by atoms with Crippen LogP contribution in [0.15, 0.2) is 18.2 Å². The van der Waals surface area contributed by atoms with Gasteiger partial charge in [-0.3, -0.25) is 4.79 Å². The van der Waals surface area contributed by atoms with E-state index in [1.807, 2.05) is 7.05 Å². The number of carbonyl (C=O) groups is 1. The van der Waals surface area contributed by atoms with Crippen molar-refractivity contribution >= 4 is 23.0 Å². The molecule has 0 radical (unpaired) electrons. The maximum atomic E-state index is 11.2. The monoisotopic (exact) mass is 273 g/mol. The molecule has 1 atom stereocenters. The van der Waals surface area contributed by atoms with Gasteiger partial charge in [-0.25, -0.2) is 4.98 Å². The normalized spacial score (nSPS) is 19.5. The van der Waals surface area contributed by atoms with Crippen molar-refractivity contribution < 1.29 is 9.90 Å². The molecule has 1 unspecified atom stereocenters. The van der Waals surface area contributed by atoms with Crippen LogP contribution in [-0.2, 0) is 11.8 Å². The number of aromatic nitrogens is 2. The number of hydrogen-bond acceptors (Lipinski definition) is 3. The molecule has 3 rings (SSSR count). The highest BCUT2D eigenvalue weighted by Gasteiger charge is 2.27. The second kappa shape index (κ2) is 4.81. The van der Waals surface area contributed by atoms with Crippen molar-refractivity contribution in [1.82, 2.24) is 9.55 Å². The van der Waals surface area contributed by atoms with Crippen LogP contribution in [-0.4, -0.2) is 33.7 Å². The molecule has 5 nitrogen and oxygen atoms in total. The van der Waals surface area contributed by atoms with E-state index in [-0.39, 0.29) is 5.92 Å². The van der Waals surface area contributed by atoms with Crippen LogP contribution in [0.2, 0.25) is 0 Å². The highest BCUT2D eigenvalue weighted by Crippen LogP contribution is 2.26. The molecule has 1 aromatic heterocycles. The lowest BCUT2D eigenvalue weighted by molar-refractivity contribution is -0.141. The summed E-state index contributed by atoms with van der Waals surface area (Å²) in [4.78, 5) is 18.0. The minimum atomic E-state index is -0.704. The molecule has 5 heteroatoms. The third-order valence-corrected chi connectivity index (χ3v) is 4.07. The highest BCUT2D eigenvalue weighted by atomic mass is 16.4. The average molecular weight is 273 g/mol. The second-order valence-electron chi connectivity index (χ2n) is 5.59. The summed E-state index contributed by atoms with van der Waals surface area (Å²) in [6.07, 6.45) is 1.66. The highest BCUT2D eigenvalue weighted by molar-refractivity contribution is 5.79. The van der Waals surface area contributed by atoms with E-state index < -0.39 is 5.97 Å². The van der Waals surface area contributed by atoms with Gasteiger partial charge in [0.2, 0.25) is 5.95 Å². The molecule has 2 heterocycles. The van der Waals surface area contributed by atoms with Gasteiger partial charge in [0.1, 0.15) is 0 Å². The Kier molecular flexibility index (Phi) is 3.12.